The van der Waals surface area contributed by atoms with Crippen molar-refractivity contribution < 1.29 is 19.4 Å². The fourth-order valence-corrected chi connectivity index (χ4v) is 2.64. The molecular weight excluding hydrogens is 232 g/mol. The lowest BCUT2D eigenvalue weighted by Gasteiger charge is -2.31. The zero-order valence-corrected chi connectivity index (χ0v) is 10.4. The molecule has 0 bridgehead atoms. The van der Waals surface area contributed by atoms with Gasteiger partial charge in [0.2, 0.25) is 0 Å². The van der Waals surface area contributed by atoms with Gasteiger partial charge in [-0.15, -0.1) is 0 Å². The minimum atomic E-state index is -1.26. The highest BCUT2D eigenvalue weighted by Gasteiger charge is 2.57. The third-order valence-corrected chi connectivity index (χ3v) is 3.44. The smallest absolute Gasteiger partial charge is 0.318 e. The molecule has 0 aromatic heterocycles. The van der Waals surface area contributed by atoms with E-state index >= 15 is 0 Å². The first kappa shape index (κ1) is 12.6. The van der Waals surface area contributed by atoms with Crippen LogP contribution >= 0.6 is 0 Å². The van der Waals surface area contributed by atoms with Gasteiger partial charge in [-0.1, -0.05) is 44.2 Å². The van der Waals surface area contributed by atoms with Crippen LogP contribution in [0.1, 0.15) is 25.8 Å². The molecule has 2 rings (SSSR count). The Morgan fingerprint density at radius 3 is 2.50 bits per heavy atom. The lowest BCUT2D eigenvalue weighted by molar-refractivity contribution is -0.148. The quantitative estimate of drug-likeness (QED) is 0.831. The Bertz CT molecular complexity index is 466. The first-order valence-corrected chi connectivity index (χ1v) is 5.97. The van der Waals surface area contributed by atoms with E-state index in [0.29, 0.717) is 5.56 Å². The minimum Gasteiger partial charge on any atom is -0.480 e. The summed E-state index contributed by atoms with van der Waals surface area (Å²) in [7, 11) is 0. The summed E-state index contributed by atoms with van der Waals surface area (Å²) < 4.78 is 5.23. The molecule has 1 N–H and O–H groups in total. The Morgan fingerprint density at radius 1 is 1.39 bits per heavy atom. The molecule has 0 radical (unpaired) electrons. The number of hydrogen-bond acceptors (Lipinski definition) is 3. The maximum absolute atomic E-state index is 11.8. The number of carbonyl (C=O) groups is 2. The van der Waals surface area contributed by atoms with E-state index in [1.165, 1.54) is 0 Å². The SMILES string of the molecule is CC(C)C1OC(=O)CC1(C(=O)O)c1ccccc1. The molecule has 96 valence electrons. The van der Waals surface area contributed by atoms with Crippen molar-refractivity contribution in [3.63, 3.8) is 0 Å². The van der Waals surface area contributed by atoms with E-state index in [4.69, 9.17) is 4.74 Å². The molecule has 1 heterocycles. The van der Waals surface area contributed by atoms with E-state index in [1.807, 2.05) is 19.9 Å². The topological polar surface area (TPSA) is 63.6 Å². The summed E-state index contributed by atoms with van der Waals surface area (Å²) in [6.07, 6.45) is -0.722. The Balaban J connectivity index is 2.57. The summed E-state index contributed by atoms with van der Waals surface area (Å²) in [5, 5.41) is 9.62. The molecule has 0 saturated carbocycles. The Morgan fingerprint density at radius 2 is 2.00 bits per heavy atom. The summed E-state index contributed by atoms with van der Waals surface area (Å²) >= 11 is 0. The van der Waals surface area contributed by atoms with Crippen LogP contribution in [-0.4, -0.2) is 23.1 Å². The zero-order chi connectivity index (χ0) is 13.3. The van der Waals surface area contributed by atoms with E-state index in [9.17, 15) is 14.7 Å². The van der Waals surface area contributed by atoms with Crippen molar-refractivity contribution in [2.24, 2.45) is 5.92 Å². The van der Waals surface area contributed by atoms with Crippen molar-refractivity contribution >= 4 is 11.9 Å². The Hall–Kier alpha value is -1.84. The molecule has 2 unspecified atom stereocenters. The van der Waals surface area contributed by atoms with Crippen molar-refractivity contribution in [3.05, 3.63) is 35.9 Å². The normalized spacial score (nSPS) is 27.3. The Labute approximate surface area is 106 Å². The first-order chi connectivity index (χ1) is 8.48. The highest BCUT2D eigenvalue weighted by molar-refractivity contribution is 5.91. The zero-order valence-electron chi connectivity index (χ0n) is 10.4. The summed E-state index contributed by atoms with van der Waals surface area (Å²) in [6.45, 7) is 3.73. The summed E-state index contributed by atoms with van der Waals surface area (Å²) in [5.41, 5.74) is -0.631. The monoisotopic (exact) mass is 248 g/mol. The number of esters is 1. The summed E-state index contributed by atoms with van der Waals surface area (Å²) in [5.74, 6) is -1.49. The maximum atomic E-state index is 11.8. The molecule has 1 saturated heterocycles. The number of carbonyl (C=O) groups excluding carboxylic acids is 1. The van der Waals surface area contributed by atoms with Gasteiger partial charge in [0.15, 0.2) is 0 Å². The lowest BCUT2D eigenvalue weighted by atomic mass is 9.71. The molecule has 2 atom stereocenters. The van der Waals surface area contributed by atoms with E-state index in [-0.39, 0.29) is 12.3 Å². The van der Waals surface area contributed by atoms with Crippen molar-refractivity contribution in [1.82, 2.24) is 0 Å². The van der Waals surface area contributed by atoms with E-state index in [1.54, 1.807) is 24.3 Å². The van der Waals surface area contributed by atoms with Gasteiger partial charge in [-0.2, -0.15) is 0 Å². The standard InChI is InChI=1S/C14H16O4/c1-9(2)12-14(13(16)17,8-11(15)18-12)10-6-4-3-5-7-10/h3-7,9,12H,8H2,1-2H3,(H,16,17). The van der Waals surface area contributed by atoms with Gasteiger partial charge in [0, 0.05) is 0 Å². The number of carboxylic acids is 1. The van der Waals surface area contributed by atoms with Crippen molar-refractivity contribution in [3.8, 4) is 0 Å². The molecule has 1 fully saturated rings. The lowest BCUT2D eigenvalue weighted by Crippen LogP contribution is -2.45. The average molecular weight is 248 g/mol. The molecule has 1 aromatic carbocycles. The fourth-order valence-electron chi connectivity index (χ4n) is 2.64. The second kappa shape index (κ2) is 4.44. The van der Waals surface area contributed by atoms with E-state index in [2.05, 4.69) is 0 Å². The molecule has 1 aliphatic heterocycles. The number of hydrogen-bond donors (Lipinski definition) is 1. The molecule has 4 heteroatoms. The van der Waals surface area contributed by atoms with Gasteiger partial charge in [0.1, 0.15) is 11.5 Å². The van der Waals surface area contributed by atoms with Gasteiger partial charge in [-0.05, 0) is 11.5 Å². The second-order valence-corrected chi connectivity index (χ2v) is 4.97. The van der Waals surface area contributed by atoms with Crippen molar-refractivity contribution in [2.45, 2.75) is 31.8 Å². The predicted molar refractivity (Wildman–Crippen MR) is 65.1 cm³/mol. The fraction of sp³-hybridized carbons (Fsp3) is 0.429. The van der Waals surface area contributed by atoms with Crippen molar-refractivity contribution in [1.29, 1.82) is 0 Å². The van der Waals surface area contributed by atoms with Crippen LogP contribution in [0.15, 0.2) is 30.3 Å². The summed E-state index contributed by atoms with van der Waals surface area (Å²) in [4.78, 5) is 23.3. The number of carboxylic acid groups (broad SMARTS) is 1. The van der Waals surface area contributed by atoms with Gasteiger partial charge < -0.3 is 9.84 Å². The molecule has 1 aromatic rings. The molecule has 0 amide bonds. The van der Waals surface area contributed by atoms with Crippen LogP contribution in [0.5, 0.6) is 0 Å². The van der Waals surface area contributed by atoms with Gasteiger partial charge in [0.25, 0.3) is 0 Å². The van der Waals surface area contributed by atoms with Gasteiger partial charge in [0.05, 0.1) is 6.42 Å². The number of aliphatic carboxylic acids is 1. The van der Waals surface area contributed by atoms with Crippen LogP contribution in [0.2, 0.25) is 0 Å². The molecule has 1 aliphatic rings. The highest BCUT2D eigenvalue weighted by atomic mass is 16.6. The molecular formula is C14H16O4. The van der Waals surface area contributed by atoms with Gasteiger partial charge in [-0.3, -0.25) is 9.59 Å². The van der Waals surface area contributed by atoms with Gasteiger partial charge in [-0.25, -0.2) is 0 Å². The van der Waals surface area contributed by atoms with Crippen molar-refractivity contribution in [2.75, 3.05) is 0 Å². The minimum absolute atomic E-state index is 0.0484. The maximum Gasteiger partial charge on any atom is 0.318 e. The average Bonchev–Trinajstić information content (AvgIpc) is 2.69. The first-order valence-electron chi connectivity index (χ1n) is 5.97. The Kier molecular flexibility index (Phi) is 3.11. The molecule has 0 aliphatic carbocycles. The van der Waals surface area contributed by atoms with Crippen LogP contribution in [0, 0.1) is 5.92 Å². The second-order valence-electron chi connectivity index (χ2n) is 4.97. The van der Waals surface area contributed by atoms with Crippen LogP contribution in [0.3, 0.4) is 0 Å². The number of ether oxygens (including phenoxy) is 1. The van der Waals surface area contributed by atoms with E-state index < -0.39 is 23.5 Å². The number of benzene rings is 1. The summed E-state index contributed by atoms with van der Waals surface area (Å²) in [6, 6.07) is 8.86. The number of rotatable bonds is 3. The largest absolute Gasteiger partial charge is 0.480 e. The highest BCUT2D eigenvalue weighted by Crippen LogP contribution is 2.42. The molecule has 18 heavy (non-hydrogen) atoms. The van der Waals surface area contributed by atoms with Crippen LogP contribution in [0.4, 0.5) is 0 Å². The van der Waals surface area contributed by atoms with Crippen LogP contribution in [-0.2, 0) is 19.7 Å². The molecule has 4 nitrogen and oxygen atoms in total. The number of cyclic esters (lactones) is 1. The predicted octanol–water partition coefficient (Wildman–Crippen LogP) is 1.98. The van der Waals surface area contributed by atoms with Crippen LogP contribution < -0.4 is 0 Å². The van der Waals surface area contributed by atoms with Gasteiger partial charge >= 0.3 is 11.9 Å². The van der Waals surface area contributed by atoms with E-state index in [0.717, 1.165) is 0 Å². The van der Waals surface area contributed by atoms with Crippen LogP contribution in [0.25, 0.3) is 0 Å². The third kappa shape index (κ3) is 1.78. The third-order valence-electron chi connectivity index (χ3n) is 3.44. The molecule has 0 spiro atoms.